The fourth-order valence-corrected chi connectivity index (χ4v) is 2.79. The van der Waals surface area contributed by atoms with Crippen LogP contribution in [0.2, 0.25) is 0 Å². The second-order valence-corrected chi connectivity index (χ2v) is 5.48. The Kier molecular flexibility index (Phi) is 3.08. The quantitative estimate of drug-likeness (QED) is 0.614. The highest BCUT2D eigenvalue weighted by molar-refractivity contribution is 5.72. The van der Waals surface area contributed by atoms with Crippen LogP contribution in [0.3, 0.4) is 0 Å². The van der Waals surface area contributed by atoms with E-state index in [4.69, 9.17) is 0 Å². The maximum absolute atomic E-state index is 12.5. The van der Waals surface area contributed by atoms with Crippen molar-refractivity contribution in [3.8, 4) is 22.5 Å². The molecule has 0 radical (unpaired) electrons. The van der Waals surface area contributed by atoms with Crippen molar-refractivity contribution < 1.29 is 0 Å². The maximum Gasteiger partial charge on any atom is 0.273 e. The van der Waals surface area contributed by atoms with Gasteiger partial charge in [-0.25, -0.2) is 9.50 Å². The summed E-state index contributed by atoms with van der Waals surface area (Å²) in [6, 6.07) is 21.3. The largest absolute Gasteiger partial charge is 0.289 e. The van der Waals surface area contributed by atoms with E-state index in [0.717, 1.165) is 22.4 Å². The summed E-state index contributed by atoms with van der Waals surface area (Å²) in [5.74, 6) is 0. The smallest absolute Gasteiger partial charge is 0.273 e. The third-order valence-corrected chi connectivity index (χ3v) is 3.98. The van der Waals surface area contributed by atoms with E-state index >= 15 is 0 Å². The molecule has 2 aromatic carbocycles. The Morgan fingerprint density at radius 1 is 0.913 bits per heavy atom. The molecule has 0 atom stereocenters. The lowest BCUT2D eigenvalue weighted by Crippen LogP contribution is -2.14. The van der Waals surface area contributed by atoms with Crippen molar-refractivity contribution in [2.75, 3.05) is 0 Å². The molecule has 0 unspecified atom stereocenters. The molecule has 0 aliphatic heterocycles. The van der Waals surface area contributed by atoms with Crippen molar-refractivity contribution in [2.24, 2.45) is 0 Å². The number of nitrogens with zero attached hydrogens (tertiary/aromatic N) is 2. The molecule has 0 amide bonds. The Bertz CT molecular complexity index is 1030. The molecule has 0 bridgehead atoms. The molecule has 2 aromatic heterocycles. The van der Waals surface area contributed by atoms with Crippen LogP contribution in [0.4, 0.5) is 0 Å². The standard InChI is InChI=1S/C19H15N3O/c1-13-18(15-10-6-3-7-11-15)21-22-17(23)12-16(20-19(13)22)14-8-4-2-5-9-14/h2-12,21H,1H3. The van der Waals surface area contributed by atoms with Gasteiger partial charge in [0.2, 0.25) is 0 Å². The van der Waals surface area contributed by atoms with Crippen LogP contribution in [0.15, 0.2) is 71.5 Å². The van der Waals surface area contributed by atoms with Gasteiger partial charge >= 0.3 is 0 Å². The van der Waals surface area contributed by atoms with Crippen LogP contribution in [0.25, 0.3) is 28.2 Å². The Labute approximate surface area is 133 Å². The van der Waals surface area contributed by atoms with Gasteiger partial charge < -0.3 is 0 Å². The first-order chi connectivity index (χ1) is 11.2. The van der Waals surface area contributed by atoms with E-state index in [-0.39, 0.29) is 5.56 Å². The minimum atomic E-state index is -0.112. The van der Waals surface area contributed by atoms with E-state index < -0.39 is 0 Å². The average molecular weight is 301 g/mol. The van der Waals surface area contributed by atoms with Gasteiger partial charge in [0, 0.05) is 17.2 Å². The van der Waals surface area contributed by atoms with Crippen LogP contribution in [-0.4, -0.2) is 14.6 Å². The summed E-state index contributed by atoms with van der Waals surface area (Å²) in [6.07, 6.45) is 0. The number of H-pyrrole nitrogens is 1. The molecule has 4 heteroatoms. The van der Waals surface area contributed by atoms with Crippen molar-refractivity contribution in [1.82, 2.24) is 14.6 Å². The molecule has 2 heterocycles. The lowest BCUT2D eigenvalue weighted by Gasteiger charge is -2.01. The number of rotatable bonds is 2. The maximum atomic E-state index is 12.5. The molecule has 0 saturated carbocycles. The summed E-state index contributed by atoms with van der Waals surface area (Å²) in [4.78, 5) is 17.1. The summed E-state index contributed by atoms with van der Waals surface area (Å²) in [7, 11) is 0. The van der Waals surface area contributed by atoms with Crippen LogP contribution < -0.4 is 5.56 Å². The van der Waals surface area contributed by atoms with Crippen molar-refractivity contribution in [1.29, 1.82) is 0 Å². The number of benzene rings is 2. The first kappa shape index (κ1) is 13.5. The van der Waals surface area contributed by atoms with Crippen LogP contribution >= 0.6 is 0 Å². The molecule has 0 aliphatic rings. The molecule has 0 spiro atoms. The number of hydrogen-bond donors (Lipinski definition) is 1. The summed E-state index contributed by atoms with van der Waals surface area (Å²) in [5.41, 5.74) is 5.10. The molecular weight excluding hydrogens is 286 g/mol. The summed E-state index contributed by atoms with van der Waals surface area (Å²) < 4.78 is 1.50. The van der Waals surface area contributed by atoms with Crippen LogP contribution in [0, 0.1) is 6.92 Å². The molecule has 1 N–H and O–H groups in total. The highest BCUT2D eigenvalue weighted by atomic mass is 16.1. The summed E-state index contributed by atoms with van der Waals surface area (Å²) in [5, 5.41) is 3.17. The number of hydrogen-bond acceptors (Lipinski definition) is 2. The normalized spacial score (nSPS) is 11.0. The number of aromatic amines is 1. The van der Waals surface area contributed by atoms with Crippen molar-refractivity contribution >= 4 is 5.65 Å². The molecule has 112 valence electrons. The monoisotopic (exact) mass is 301 g/mol. The number of aromatic nitrogens is 3. The van der Waals surface area contributed by atoms with Gasteiger partial charge in [-0.3, -0.25) is 9.89 Å². The first-order valence-corrected chi connectivity index (χ1v) is 7.47. The molecule has 23 heavy (non-hydrogen) atoms. The predicted octanol–water partition coefficient (Wildman–Crippen LogP) is 3.67. The van der Waals surface area contributed by atoms with Crippen molar-refractivity contribution in [3.05, 3.63) is 82.6 Å². The third-order valence-electron chi connectivity index (χ3n) is 3.98. The zero-order valence-electron chi connectivity index (χ0n) is 12.7. The van der Waals surface area contributed by atoms with Crippen LogP contribution in [-0.2, 0) is 0 Å². The van der Waals surface area contributed by atoms with Gasteiger partial charge in [-0.05, 0) is 12.5 Å². The predicted molar refractivity (Wildman–Crippen MR) is 91.4 cm³/mol. The van der Waals surface area contributed by atoms with Gasteiger partial charge in [0.15, 0.2) is 5.65 Å². The second-order valence-electron chi connectivity index (χ2n) is 5.48. The lowest BCUT2D eigenvalue weighted by atomic mass is 10.1. The van der Waals surface area contributed by atoms with Gasteiger partial charge in [-0.1, -0.05) is 60.7 Å². The minimum absolute atomic E-state index is 0.112. The molecule has 4 nitrogen and oxygen atoms in total. The summed E-state index contributed by atoms with van der Waals surface area (Å²) in [6.45, 7) is 1.98. The van der Waals surface area contributed by atoms with Gasteiger partial charge in [-0.15, -0.1) is 0 Å². The Morgan fingerprint density at radius 3 is 2.17 bits per heavy atom. The molecule has 4 rings (SSSR count). The minimum Gasteiger partial charge on any atom is -0.289 e. The first-order valence-electron chi connectivity index (χ1n) is 7.47. The highest BCUT2D eigenvalue weighted by Gasteiger charge is 2.13. The topological polar surface area (TPSA) is 50.2 Å². The van der Waals surface area contributed by atoms with E-state index in [1.807, 2.05) is 67.6 Å². The van der Waals surface area contributed by atoms with Crippen LogP contribution in [0.5, 0.6) is 0 Å². The van der Waals surface area contributed by atoms with Gasteiger partial charge in [0.1, 0.15) is 0 Å². The van der Waals surface area contributed by atoms with E-state index in [9.17, 15) is 4.79 Å². The van der Waals surface area contributed by atoms with Crippen LogP contribution in [0.1, 0.15) is 5.56 Å². The summed E-state index contributed by atoms with van der Waals surface area (Å²) >= 11 is 0. The van der Waals surface area contributed by atoms with Crippen molar-refractivity contribution in [3.63, 3.8) is 0 Å². The number of aryl methyl sites for hydroxylation is 1. The SMILES string of the molecule is Cc1c(-c2ccccc2)[nH]n2c(=O)cc(-c3ccccc3)nc12. The molecule has 4 aromatic rings. The van der Waals surface area contributed by atoms with E-state index in [0.29, 0.717) is 11.3 Å². The number of fused-ring (bicyclic) bond motifs is 1. The number of nitrogens with one attached hydrogen (secondary N) is 1. The fourth-order valence-electron chi connectivity index (χ4n) is 2.79. The molecular formula is C19H15N3O. The van der Waals surface area contributed by atoms with Gasteiger partial charge in [0.25, 0.3) is 5.56 Å². The zero-order chi connectivity index (χ0) is 15.8. The fraction of sp³-hybridized carbons (Fsp3) is 0.0526. The Morgan fingerprint density at radius 2 is 1.52 bits per heavy atom. The highest BCUT2D eigenvalue weighted by Crippen LogP contribution is 2.25. The zero-order valence-corrected chi connectivity index (χ0v) is 12.7. The average Bonchev–Trinajstić information content (AvgIpc) is 2.94. The second kappa shape index (κ2) is 5.25. The Balaban J connectivity index is 1.97. The lowest BCUT2D eigenvalue weighted by molar-refractivity contribution is 0.904. The van der Waals surface area contributed by atoms with Crippen molar-refractivity contribution in [2.45, 2.75) is 6.92 Å². The van der Waals surface area contributed by atoms with E-state index in [1.165, 1.54) is 4.52 Å². The molecule has 0 saturated heterocycles. The molecule has 0 aliphatic carbocycles. The Hall–Kier alpha value is -3.14. The van der Waals surface area contributed by atoms with Gasteiger partial charge in [0.05, 0.1) is 11.4 Å². The van der Waals surface area contributed by atoms with E-state index in [2.05, 4.69) is 10.1 Å². The van der Waals surface area contributed by atoms with E-state index in [1.54, 1.807) is 6.07 Å². The molecule has 0 fully saturated rings. The third kappa shape index (κ3) is 2.25. The van der Waals surface area contributed by atoms with Gasteiger partial charge in [-0.2, -0.15) is 0 Å².